The van der Waals surface area contributed by atoms with Crippen LogP contribution in [0.2, 0.25) is 0 Å². The van der Waals surface area contributed by atoms with E-state index in [9.17, 15) is 0 Å². The molecule has 0 atom stereocenters. The van der Waals surface area contributed by atoms with Crippen LogP contribution < -0.4 is 5.32 Å². The maximum absolute atomic E-state index is 4.54. The predicted octanol–water partition coefficient (Wildman–Crippen LogP) is 2.95. The van der Waals surface area contributed by atoms with Gasteiger partial charge in [0.1, 0.15) is 5.82 Å². The Kier molecular flexibility index (Phi) is 4.95. The zero-order valence-electron chi connectivity index (χ0n) is 11.6. The first-order chi connectivity index (χ1) is 8.69. The molecule has 2 heterocycles. The highest BCUT2D eigenvalue weighted by Crippen LogP contribution is 2.21. The molecule has 1 saturated heterocycles. The maximum atomic E-state index is 4.54. The third-order valence-corrected chi connectivity index (χ3v) is 4.07. The van der Waals surface area contributed by atoms with Gasteiger partial charge in [-0.1, -0.05) is 20.8 Å². The SMILES string of the molecule is CCCN1CCC(Nc2nc(C(C)C)ns2)CC1. The second-order valence-corrected chi connectivity index (χ2v) is 6.12. The van der Waals surface area contributed by atoms with Gasteiger partial charge in [0.25, 0.3) is 0 Å². The van der Waals surface area contributed by atoms with Crippen molar-refractivity contribution in [3.63, 3.8) is 0 Å². The first kappa shape index (κ1) is 13.7. The molecular weight excluding hydrogens is 244 g/mol. The molecule has 1 aromatic heterocycles. The quantitative estimate of drug-likeness (QED) is 0.891. The molecule has 0 spiro atoms. The molecule has 5 heteroatoms. The van der Waals surface area contributed by atoms with Crippen molar-refractivity contribution in [1.29, 1.82) is 0 Å². The molecule has 1 aliphatic heterocycles. The van der Waals surface area contributed by atoms with Gasteiger partial charge < -0.3 is 10.2 Å². The second-order valence-electron chi connectivity index (χ2n) is 5.37. The largest absolute Gasteiger partial charge is 0.357 e. The molecular formula is C13H24N4S. The van der Waals surface area contributed by atoms with Crippen LogP contribution in [0.25, 0.3) is 0 Å². The van der Waals surface area contributed by atoms with Crippen molar-refractivity contribution in [2.75, 3.05) is 25.0 Å². The van der Waals surface area contributed by atoms with E-state index >= 15 is 0 Å². The number of nitrogens with one attached hydrogen (secondary N) is 1. The van der Waals surface area contributed by atoms with Crippen molar-refractivity contribution in [3.8, 4) is 0 Å². The van der Waals surface area contributed by atoms with Crippen molar-refractivity contribution in [1.82, 2.24) is 14.3 Å². The molecule has 0 unspecified atom stereocenters. The molecule has 0 aromatic carbocycles. The summed E-state index contributed by atoms with van der Waals surface area (Å²) in [5.74, 6) is 1.38. The summed E-state index contributed by atoms with van der Waals surface area (Å²) in [4.78, 5) is 7.10. The van der Waals surface area contributed by atoms with Crippen LogP contribution in [0.4, 0.5) is 5.13 Å². The van der Waals surface area contributed by atoms with Crippen molar-refractivity contribution in [2.45, 2.75) is 52.0 Å². The predicted molar refractivity (Wildman–Crippen MR) is 77.4 cm³/mol. The van der Waals surface area contributed by atoms with Crippen LogP contribution in [0.1, 0.15) is 51.8 Å². The number of anilines is 1. The number of aromatic nitrogens is 2. The van der Waals surface area contributed by atoms with Gasteiger partial charge in [0, 0.05) is 36.6 Å². The van der Waals surface area contributed by atoms with E-state index in [1.165, 1.54) is 50.4 Å². The van der Waals surface area contributed by atoms with Gasteiger partial charge in [-0.3, -0.25) is 0 Å². The topological polar surface area (TPSA) is 41.0 Å². The highest BCUT2D eigenvalue weighted by molar-refractivity contribution is 7.09. The lowest BCUT2D eigenvalue weighted by atomic mass is 10.1. The standard InChI is InChI=1S/C13H24N4S/c1-4-7-17-8-5-11(6-9-17)14-13-15-12(10(2)3)16-18-13/h10-11H,4-9H2,1-3H3,(H,14,15,16). The van der Waals surface area contributed by atoms with E-state index < -0.39 is 0 Å². The Morgan fingerprint density at radius 1 is 1.39 bits per heavy atom. The Bertz CT molecular complexity index is 356. The van der Waals surface area contributed by atoms with Gasteiger partial charge in [-0.05, 0) is 25.8 Å². The normalized spacial score (nSPS) is 18.4. The van der Waals surface area contributed by atoms with Crippen molar-refractivity contribution in [3.05, 3.63) is 5.82 Å². The summed E-state index contributed by atoms with van der Waals surface area (Å²) in [5.41, 5.74) is 0. The number of hydrogen-bond donors (Lipinski definition) is 1. The van der Waals surface area contributed by atoms with Crippen LogP contribution in [-0.2, 0) is 0 Å². The van der Waals surface area contributed by atoms with E-state index in [1.54, 1.807) is 0 Å². The molecule has 2 rings (SSSR count). The van der Waals surface area contributed by atoms with Gasteiger partial charge in [-0.2, -0.15) is 4.37 Å². The van der Waals surface area contributed by atoms with E-state index in [-0.39, 0.29) is 0 Å². The van der Waals surface area contributed by atoms with Gasteiger partial charge in [0.15, 0.2) is 0 Å². The van der Waals surface area contributed by atoms with Crippen LogP contribution in [0.3, 0.4) is 0 Å². The summed E-state index contributed by atoms with van der Waals surface area (Å²) < 4.78 is 4.38. The first-order valence-electron chi connectivity index (χ1n) is 7.01. The third kappa shape index (κ3) is 3.65. The van der Waals surface area contributed by atoms with Crippen LogP contribution in [0.15, 0.2) is 0 Å². The van der Waals surface area contributed by atoms with Crippen LogP contribution in [0, 0.1) is 0 Å². The van der Waals surface area contributed by atoms with E-state index in [2.05, 4.69) is 40.3 Å². The Hall–Kier alpha value is -0.680. The molecule has 1 fully saturated rings. The Labute approximate surface area is 114 Å². The van der Waals surface area contributed by atoms with Crippen molar-refractivity contribution >= 4 is 16.7 Å². The summed E-state index contributed by atoms with van der Waals surface area (Å²) in [6, 6.07) is 0.575. The highest BCUT2D eigenvalue weighted by Gasteiger charge is 2.19. The molecule has 1 aliphatic rings. The molecule has 0 saturated carbocycles. The van der Waals surface area contributed by atoms with Gasteiger partial charge in [-0.25, -0.2) is 4.98 Å². The molecule has 102 valence electrons. The Morgan fingerprint density at radius 2 is 2.11 bits per heavy atom. The summed E-state index contributed by atoms with van der Waals surface area (Å²) in [6.07, 6.45) is 3.69. The molecule has 4 nitrogen and oxygen atoms in total. The fourth-order valence-corrected chi connectivity index (χ4v) is 3.11. The number of piperidine rings is 1. The lowest BCUT2D eigenvalue weighted by Gasteiger charge is -2.31. The summed E-state index contributed by atoms with van der Waals surface area (Å²) in [6.45, 7) is 10.2. The summed E-state index contributed by atoms with van der Waals surface area (Å²) in [5, 5.41) is 4.53. The van der Waals surface area contributed by atoms with Crippen LogP contribution >= 0.6 is 11.5 Å². The molecule has 0 amide bonds. The Balaban J connectivity index is 1.80. The number of nitrogens with zero attached hydrogens (tertiary/aromatic N) is 3. The minimum atomic E-state index is 0.420. The fourth-order valence-electron chi connectivity index (χ4n) is 2.32. The minimum absolute atomic E-state index is 0.420. The van der Waals surface area contributed by atoms with Crippen molar-refractivity contribution in [2.24, 2.45) is 0 Å². The molecule has 0 aliphatic carbocycles. The van der Waals surface area contributed by atoms with Crippen LogP contribution in [-0.4, -0.2) is 39.9 Å². The van der Waals surface area contributed by atoms with E-state index in [1.807, 2.05) is 0 Å². The zero-order valence-corrected chi connectivity index (χ0v) is 12.5. The highest BCUT2D eigenvalue weighted by atomic mass is 32.1. The van der Waals surface area contributed by atoms with Gasteiger partial charge in [0.05, 0.1) is 0 Å². The van der Waals surface area contributed by atoms with Gasteiger partial charge >= 0.3 is 0 Å². The average molecular weight is 268 g/mol. The van der Waals surface area contributed by atoms with E-state index in [4.69, 9.17) is 0 Å². The van der Waals surface area contributed by atoms with Crippen LogP contribution in [0.5, 0.6) is 0 Å². The molecule has 1 aromatic rings. The Morgan fingerprint density at radius 3 is 2.67 bits per heavy atom. The molecule has 18 heavy (non-hydrogen) atoms. The average Bonchev–Trinajstić information content (AvgIpc) is 2.81. The number of hydrogen-bond acceptors (Lipinski definition) is 5. The summed E-state index contributed by atoms with van der Waals surface area (Å²) >= 11 is 1.50. The first-order valence-corrected chi connectivity index (χ1v) is 7.79. The van der Waals surface area contributed by atoms with E-state index in [0.29, 0.717) is 12.0 Å². The van der Waals surface area contributed by atoms with Gasteiger partial charge in [0.2, 0.25) is 5.13 Å². The molecule has 0 radical (unpaired) electrons. The number of rotatable bonds is 5. The second kappa shape index (κ2) is 6.48. The molecule has 1 N–H and O–H groups in total. The monoisotopic (exact) mass is 268 g/mol. The smallest absolute Gasteiger partial charge is 0.202 e. The van der Waals surface area contributed by atoms with E-state index in [0.717, 1.165) is 11.0 Å². The minimum Gasteiger partial charge on any atom is -0.357 e. The lowest BCUT2D eigenvalue weighted by Crippen LogP contribution is -2.39. The molecule has 0 bridgehead atoms. The van der Waals surface area contributed by atoms with Gasteiger partial charge in [-0.15, -0.1) is 0 Å². The zero-order chi connectivity index (χ0) is 13.0. The maximum Gasteiger partial charge on any atom is 0.202 e. The fraction of sp³-hybridized carbons (Fsp3) is 0.846. The van der Waals surface area contributed by atoms with Crippen molar-refractivity contribution < 1.29 is 0 Å². The lowest BCUT2D eigenvalue weighted by molar-refractivity contribution is 0.219. The third-order valence-electron chi connectivity index (χ3n) is 3.41. The summed E-state index contributed by atoms with van der Waals surface area (Å²) in [7, 11) is 0. The number of likely N-dealkylation sites (tertiary alicyclic amines) is 1.